The summed E-state index contributed by atoms with van der Waals surface area (Å²) in [4.78, 5) is 43.8. The van der Waals surface area contributed by atoms with Crippen LogP contribution in [0.25, 0.3) is 0 Å². The lowest BCUT2D eigenvalue weighted by molar-refractivity contribution is -0.145. The molecule has 0 saturated carbocycles. The number of carbonyl (C=O) groups is 3. The van der Waals surface area contributed by atoms with Crippen LogP contribution in [0.1, 0.15) is 22.5 Å². The van der Waals surface area contributed by atoms with E-state index in [1.165, 1.54) is 0 Å². The standard InChI is InChI=1S/C19H22N4O4S/c1-11-5-6-15(7-12(11)2)22-18(26)23-16(24)9-27-17(25)10-28-19-20-13(3)8-14(4)21-19/h5-8H,9-10H2,1-4H3,(H2,22,23,24,26). The fourth-order valence-electron chi connectivity index (χ4n) is 2.21. The molecule has 148 valence electrons. The third-order valence-electron chi connectivity index (χ3n) is 3.66. The Bertz CT molecular complexity index is 881. The van der Waals surface area contributed by atoms with Gasteiger partial charge in [-0.2, -0.15) is 0 Å². The summed E-state index contributed by atoms with van der Waals surface area (Å²) in [5.74, 6) is -1.36. The molecule has 2 rings (SSSR count). The molecule has 0 aliphatic rings. The third-order valence-corrected chi connectivity index (χ3v) is 4.48. The number of benzene rings is 1. The number of aryl methyl sites for hydroxylation is 4. The fourth-order valence-corrected chi connectivity index (χ4v) is 2.96. The molecule has 1 aromatic heterocycles. The second-order valence-corrected chi connectivity index (χ2v) is 7.13. The van der Waals surface area contributed by atoms with Gasteiger partial charge in [0.15, 0.2) is 11.8 Å². The Morgan fingerprint density at radius 2 is 1.68 bits per heavy atom. The molecule has 0 radical (unpaired) electrons. The van der Waals surface area contributed by atoms with Gasteiger partial charge in [-0.25, -0.2) is 14.8 Å². The molecule has 3 amide bonds. The van der Waals surface area contributed by atoms with Crippen molar-refractivity contribution in [2.45, 2.75) is 32.9 Å². The molecule has 28 heavy (non-hydrogen) atoms. The van der Waals surface area contributed by atoms with Crippen LogP contribution in [-0.4, -0.2) is 40.2 Å². The van der Waals surface area contributed by atoms with Crippen molar-refractivity contribution >= 4 is 35.4 Å². The Morgan fingerprint density at radius 3 is 2.32 bits per heavy atom. The summed E-state index contributed by atoms with van der Waals surface area (Å²) in [5.41, 5.74) is 4.28. The molecule has 0 aliphatic heterocycles. The maximum absolute atomic E-state index is 11.8. The lowest BCUT2D eigenvalue weighted by Gasteiger charge is -2.09. The summed E-state index contributed by atoms with van der Waals surface area (Å²) < 4.78 is 4.86. The minimum absolute atomic E-state index is 0.0367. The average Bonchev–Trinajstić information content (AvgIpc) is 2.60. The normalized spacial score (nSPS) is 10.3. The van der Waals surface area contributed by atoms with Crippen molar-refractivity contribution in [3.05, 3.63) is 46.8 Å². The van der Waals surface area contributed by atoms with Gasteiger partial charge in [-0.1, -0.05) is 17.8 Å². The van der Waals surface area contributed by atoms with E-state index in [-0.39, 0.29) is 5.75 Å². The average molecular weight is 402 g/mol. The largest absolute Gasteiger partial charge is 0.455 e. The van der Waals surface area contributed by atoms with Crippen molar-refractivity contribution in [3.8, 4) is 0 Å². The molecule has 0 atom stereocenters. The molecular formula is C19H22N4O4S. The van der Waals surface area contributed by atoms with Gasteiger partial charge in [-0.15, -0.1) is 0 Å². The maximum Gasteiger partial charge on any atom is 0.325 e. The second-order valence-electron chi connectivity index (χ2n) is 6.18. The monoisotopic (exact) mass is 402 g/mol. The zero-order chi connectivity index (χ0) is 20.7. The molecule has 0 spiro atoms. The topological polar surface area (TPSA) is 110 Å². The summed E-state index contributed by atoms with van der Waals surface area (Å²) in [5, 5.41) is 5.13. The summed E-state index contributed by atoms with van der Waals surface area (Å²) in [7, 11) is 0. The quantitative estimate of drug-likeness (QED) is 0.434. The van der Waals surface area contributed by atoms with E-state index in [1.54, 1.807) is 12.1 Å². The van der Waals surface area contributed by atoms with Gasteiger partial charge in [0.05, 0.1) is 5.75 Å². The van der Waals surface area contributed by atoms with Gasteiger partial charge in [-0.05, 0) is 57.0 Å². The van der Waals surface area contributed by atoms with Crippen LogP contribution in [0, 0.1) is 27.7 Å². The minimum atomic E-state index is -0.720. The number of hydrogen-bond acceptors (Lipinski definition) is 7. The van der Waals surface area contributed by atoms with E-state index in [2.05, 4.69) is 20.6 Å². The summed E-state index contributed by atoms with van der Waals surface area (Å²) in [6.07, 6.45) is 0. The number of aromatic nitrogens is 2. The number of nitrogens with one attached hydrogen (secondary N) is 2. The highest BCUT2D eigenvalue weighted by molar-refractivity contribution is 7.99. The highest BCUT2D eigenvalue weighted by Gasteiger charge is 2.12. The lowest BCUT2D eigenvalue weighted by Crippen LogP contribution is -2.37. The van der Waals surface area contributed by atoms with E-state index < -0.39 is 24.5 Å². The summed E-state index contributed by atoms with van der Waals surface area (Å²) in [6.45, 7) is 7.01. The van der Waals surface area contributed by atoms with Gasteiger partial charge in [0, 0.05) is 17.1 Å². The highest BCUT2D eigenvalue weighted by Crippen LogP contribution is 2.15. The van der Waals surface area contributed by atoms with Crippen LogP contribution in [0.5, 0.6) is 0 Å². The van der Waals surface area contributed by atoms with Gasteiger partial charge in [0.1, 0.15) is 0 Å². The highest BCUT2D eigenvalue weighted by atomic mass is 32.2. The van der Waals surface area contributed by atoms with Gasteiger partial charge in [0.2, 0.25) is 0 Å². The molecule has 0 saturated heterocycles. The van der Waals surface area contributed by atoms with Crippen LogP contribution in [-0.2, 0) is 14.3 Å². The van der Waals surface area contributed by atoms with Crippen LogP contribution < -0.4 is 10.6 Å². The summed E-state index contributed by atoms with van der Waals surface area (Å²) in [6, 6.07) is 6.54. The Kier molecular flexibility index (Phi) is 7.51. The van der Waals surface area contributed by atoms with E-state index in [4.69, 9.17) is 4.74 Å². The molecule has 0 aliphatic carbocycles. The summed E-state index contributed by atoms with van der Waals surface area (Å²) >= 11 is 1.12. The smallest absolute Gasteiger partial charge is 0.325 e. The van der Waals surface area contributed by atoms with Gasteiger partial charge in [-0.3, -0.25) is 14.9 Å². The third kappa shape index (κ3) is 6.99. The van der Waals surface area contributed by atoms with Crippen LogP contribution in [0.3, 0.4) is 0 Å². The first-order valence-electron chi connectivity index (χ1n) is 8.51. The molecule has 0 fully saturated rings. The number of rotatable bonds is 6. The Balaban J connectivity index is 1.72. The van der Waals surface area contributed by atoms with Crippen molar-refractivity contribution in [1.29, 1.82) is 0 Å². The molecule has 0 unspecified atom stereocenters. The van der Waals surface area contributed by atoms with E-state index in [1.807, 2.05) is 39.8 Å². The zero-order valence-electron chi connectivity index (χ0n) is 16.2. The van der Waals surface area contributed by atoms with Crippen molar-refractivity contribution in [2.75, 3.05) is 17.7 Å². The van der Waals surface area contributed by atoms with E-state index in [0.29, 0.717) is 10.8 Å². The number of thioether (sulfide) groups is 1. The van der Waals surface area contributed by atoms with Crippen LogP contribution in [0.15, 0.2) is 29.4 Å². The van der Waals surface area contributed by atoms with Gasteiger partial charge >= 0.3 is 12.0 Å². The molecular weight excluding hydrogens is 380 g/mol. The number of carbonyl (C=O) groups excluding carboxylic acids is 3. The van der Waals surface area contributed by atoms with Gasteiger partial charge in [0.25, 0.3) is 5.91 Å². The molecule has 2 N–H and O–H groups in total. The SMILES string of the molecule is Cc1cc(C)nc(SCC(=O)OCC(=O)NC(=O)Nc2ccc(C)c(C)c2)n1. The molecule has 0 bridgehead atoms. The van der Waals surface area contributed by atoms with Crippen molar-refractivity contribution < 1.29 is 19.1 Å². The number of hydrogen-bond donors (Lipinski definition) is 2. The first-order valence-corrected chi connectivity index (χ1v) is 9.50. The zero-order valence-corrected chi connectivity index (χ0v) is 17.0. The molecule has 8 nitrogen and oxygen atoms in total. The number of esters is 1. The fraction of sp³-hybridized carbons (Fsp3) is 0.316. The number of nitrogens with zero attached hydrogens (tertiary/aromatic N) is 2. The lowest BCUT2D eigenvalue weighted by atomic mass is 10.1. The van der Waals surface area contributed by atoms with E-state index >= 15 is 0 Å². The van der Waals surface area contributed by atoms with Crippen molar-refractivity contribution in [1.82, 2.24) is 15.3 Å². The van der Waals surface area contributed by atoms with Gasteiger partial charge < -0.3 is 10.1 Å². The molecule has 9 heteroatoms. The first kappa shape index (κ1) is 21.4. The second kappa shape index (κ2) is 9.84. The Labute approximate surface area is 167 Å². The predicted molar refractivity (Wildman–Crippen MR) is 106 cm³/mol. The maximum atomic E-state index is 11.8. The van der Waals surface area contributed by atoms with E-state index in [0.717, 1.165) is 34.3 Å². The molecule has 1 aromatic carbocycles. The van der Waals surface area contributed by atoms with E-state index in [9.17, 15) is 14.4 Å². The van der Waals surface area contributed by atoms with Crippen LogP contribution in [0.4, 0.5) is 10.5 Å². The van der Waals surface area contributed by atoms with Crippen LogP contribution >= 0.6 is 11.8 Å². The molecule has 2 aromatic rings. The molecule has 1 heterocycles. The van der Waals surface area contributed by atoms with Crippen molar-refractivity contribution in [3.63, 3.8) is 0 Å². The minimum Gasteiger partial charge on any atom is -0.455 e. The van der Waals surface area contributed by atoms with Crippen LogP contribution in [0.2, 0.25) is 0 Å². The Hall–Kier alpha value is -2.94. The number of urea groups is 1. The number of amides is 3. The predicted octanol–water partition coefficient (Wildman–Crippen LogP) is 2.69. The Morgan fingerprint density at radius 1 is 1.00 bits per heavy atom. The number of ether oxygens (including phenoxy) is 1. The first-order chi connectivity index (χ1) is 13.2. The van der Waals surface area contributed by atoms with Crippen molar-refractivity contribution in [2.24, 2.45) is 0 Å². The number of imide groups is 1. The number of anilines is 1.